The van der Waals surface area contributed by atoms with Crippen LogP contribution < -0.4 is 0 Å². The summed E-state index contributed by atoms with van der Waals surface area (Å²) in [7, 11) is 0. The van der Waals surface area contributed by atoms with Gasteiger partial charge in [0.05, 0.1) is 12.1 Å². The zero-order chi connectivity index (χ0) is 23.0. The Labute approximate surface area is 179 Å². The number of fused-ring (bicyclic) bond motifs is 1. The van der Waals surface area contributed by atoms with E-state index in [1.807, 2.05) is 0 Å². The summed E-state index contributed by atoms with van der Waals surface area (Å²) < 4.78 is 55.6. The van der Waals surface area contributed by atoms with Crippen molar-refractivity contribution in [1.29, 1.82) is 0 Å². The second-order valence-corrected chi connectivity index (χ2v) is 7.37. The zero-order valence-electron chi connectivity index (χ0n) is 16.5. The fourth-order valence-electron chi connectivity index (χ4n) is 3.82. The summed E-state index contributed by atoms with van der Waals surface area (Å²) in [5.74, 6) is -4.02. The Morgan fingerprint density at radius 2 is 1.69 bits per heavy atom. The first kappa shape index (κ1) is 21.5. The van der Waals surface area contributed by atoms with Crippen LogP contribution >= 0.6 is 0 Å². The van der Waals surface area contributed by atoms with Crippen LogP contribution in [-0.4, -0.2) is 64.2 Å². The molecule has 166 valence electrons. The van der Waals surface area contributed by atoms with Gasteiger partial charge in [0.15, 0.2) is 0 Å². The number of halogens is 4. The van der Waals surface area contributed by atoms with Crippen LogP contribution in [0.25, 0.3) is 10.9 Å². The second-order valence-electron chi connectivity index (χ2n) is 7.37. The minimum Gasteiger partial charge on any atom is -0.360 e. The molecule has 0 aliphatic carbocycles. The fourth-order valence-corrected chi connectivity index (χ4v) is 3.82. The number of aromatic nitrogens is 1. The van der Waals surface area contributed by atoms with Gasteiger partial charge in [-0.3, -0.25) is 14.4 Å². The van der Waals surface area contributed by atoms with Crippen molar-refractivity contribution in [3.63, 3.8) is 0 Å². The molecular formula is C22H17F4N3O3. The fraction of sp³-hybridized carbons (Fsp3) is 0.227. The van der Waals surface area contributed by atoms with Crippen molar-refractivity contribution < 1.29 is 31.9 Å². The van der Waals surface area contributed by atoms with Crippen molar-refractivity contribution in [2.24, 2.45) is 0 Å². The predicted molar refractivity (Wildman–Crippen MR) is 106 cm³/mol. The van der Waals surface area contributed by atoms with E-state index in [0.717, 1.165) is 17.2 Å². The van der Waals surface area contributed by atoms with Gasteiger partial charge in [-0.2, -0.15) is 13.2 Å². The van der Waals surface area contributed by atoms with Crippen LogP contribution in [0.4, 0.5) is 17.6 Å². The molecule has 6 nitrogen and oxygen atoms in total. The summed E-state index contributed by atoms with van der Waals surface area (Å²) in [4.78, 5) is 42.2. The molecule has 0 spiro atoms. The Morgan fingerprint density at radius 1 is 0.969 bits per heavy atom. The number of piperazine rings is 1. The molecule has 2 amide bonds. The molecule has 3 aromatic rings. The third kappa shape index (κ3) is 3.83. The monoisotopic (exact) mass is 447 g/mol. The molecule has 1 aliphatic heterocycles. The minimum atomic E-state index is -4.88. The Bertz CT molecular complexity index is 1190. The van der Waals surface area contributed by atoms with Gasteiger partial charge in [0.25, 0.3) is 17.6 Å². The standard InChI is InChI=1S/C22H17F4N3O3/c23-15-7-4-8-16-18(15)14(11-27-16)19(30)21(32)29-10-9-28(12-17(29)22(24,25)26)20(31)13-5-2-1-3-6-13/h1-8,11,17,27H,9-10,12H2. The van der Waals surface area contributed by atoms with Gasteiger partial charge in [-0.1, -0.05) is 24.3 Å². The number of hydrogen-bond acceptors (Lipinski definition) is 3. The number of carbonyl (C=O) groups is 3. The number of aromatic amines is 1. The van der Waals surface area contributed by atoms with Gasteiger partial charge in [-0.25, -0.2) is 4.39 Å². The van der Waals surface area contributed by atoms with Crippen LogP contribution in [0.2, 0.25) is 0 Å². The largest absolute Gasteiger partial charge is 0.410 e. The third-order valence-electron chi connectivity index (χ3n) is 5.42. The Hall–Kier alpha value is -3.69. The number of amides is 2. The Kier molecular flexibility index (Phi) is 5.45. The van der Waals surface area contributed by atoms with Gasteiger partial charge in [0.1, 0.15) is 11.9 Å². The van der Waals surface area contributed by atoms with E-state index in [-0.39, 0.29) is 28.6 Å². The molecule has 0 radical (unpaired) electrons. The number of benzene rings is 2. The average Bonchev–Trinajstić information content (AvgIpc) is 3.23. The lowest BCUT2D eigenvalue weighted by atomic mass is 10.0. The Balaban J connectivity index is 1.60. The van der Waals surface area contributed by atoms with Crippen molar-refractivity contribution in [3.8, 4) is 0 Å². The highest BCUT2D eigenvalue weighted by Gasteiger charge is 2.50. The smallest absolute Gasteiger partial charge is 0.360 e. The van der Waals surface area contributed by atoms with Crippen molar-refractivity contribution in [3.05, 3.63) is 71.7 Å². The number of carbonyl (C=O) groups excluding carboxylic acids is 3. The summed E-state index contributed by atoms with van der Waals surface area (Å²) in [5, 5.41) is -0.160. The number of alkyl halides is 3. The molecular weight excluding hydrogens is 430 g/mol. The third-order valence-corrected chi connectivity index (χ3v) is 5.42. The molecule has 0 saturated carbocycles. The predicted octanol–water partition coefficient (Wildman–Crippen LogP) is 3.41. The molecule has 1 aromatic heterocycles. The molecule has 1 fully saturated rings. The lowest BCUT2D eigenvalue weighted by Gasteiger charge is -2.41. The molecule has 1 saturated heterocycles. The molecule has 1 aliphatic rings. The van der Waals surface area contributed by atoms with Gasteiger partial charge in [-0.05, 0) is 24.3 Å². The zero-order valence-corrected chi connectivity index (χ0v) is 16.5. The number of Topliss-reactive ketones (excluding diaryl/α,β-unsaturated/α-hetero) is 1. The van der Waals surface area contributed by atoms with Crippen LogP contribution in [0.1, 0.15) is 20.7 Å². The number of hydrogen-bond donors (Lipinski definition) is 1. The maximum atomic E-state index is 14.2. The summed E-state index contributed by atoms with van der Waals surface area (Å²) in [5.41, 5.74) is 0.122. The highest BCUT2D eigenvalue weighted by Crippen LogP contribution is 2.30. The normalized spacial score (nSPS) is 16.9. The van der Waals surface area contributed by atoms with Crippen LogP contribution in [0.15, 0.2) is 54.7 Å². The van der Waals surface area contributed by atoms with Crippen LogP contribution in [0, 0.1) is 5.82 Å². The number of H-pyrrole nitrogens is 1. The van der Waals surface area contributed by atoms with E-state index in [0.29, 0.717) is 4.90 Å². The maximum absolute atomic E-state index is 14.2. The van der Waals surface area contributed by atoms with Crippen LogP contribution in [0.5, 0.6) is 0 Å². The van der Waals surface area contributed by atoms with Crippen molar-refractivity contribution in [2.45, 2.75) is 12.2 Å². The summed E-state index contributed by atoms with van der Waals surface area (Å²) in [6, 6.07) is 9.42. The maximum Gasteiger partial charge on any atom is 0.410 e. The Morgan fingerprint density at radius 3 is 2.38 bits per heavy atom. The van der Waals surface area contributed by atoms with Crippen molar-refractivity contribution >= 4 is 28.5 Å². The van der Waals surface area contributed by atoms with Crippen LogP contribution in [-0.2, 0) is 4.79 Å². The van der Waals surface area contributed by atoms with Crippen molar-refractivity contribution in [1.82, 2.24) is 14.8 Å². The van der Waals surface area contributed by atoms with E-state index in [9.17, 15) is 31.9 Å². The summed E-state index contributed by atoms with van der Waals surface area (Å²) >= 11 is 0. The molecule has 32 heavy (non-hydrogen) atoms. The number of nitrogens with one attached hydrogen (secondary N) is 1. The molecule has 2 heterocycles. The average molecular weight is 447 g/mol. The van der Waals surface area contributed by atoms with E-state index in [2.05, 4.69) is 4.98 Å². The van der Waals surface area contributed by atoms with E-state index in [1.165, 1.54) is 24.3 Å². The van der Waals surface area contributed by atoms with Crippen molar-refractivity contribution in [2.75, 3.05) is 19.6 Å². The molecule has 2 aromatic carbocycles. The molecule has 1 unspecified atom stereocenters. The van der Waals surface area contributed by atoms with E-state index >= 15 is 0 Å². The van der Waals surface area contributed by atoms with E-state index in [4.69, 9.17) is 0 Å². The van der Waals surface area contributed by atoms with Gasteiger partial charge in [-0.15, -0.1) is 0 Å². The van der Waals surface area contributed by atoms with Crippen LogP contribution in [0.3, 0.4) is 0 Å². The first-order valence-corrected chi connectivity index (χ1v) is 9.70. The number of ketones is 1. The van der Waals surface area contributed by atoms with Gasteiger partial charge >= 0.3 is 6.18 Å². The quantitative estimate of drug-likeness (QED) is 0.380. The van der Waals surface area contributed by atoms with E-state index in [1.54, 1.807) is 18.2 Å². The highest BCUT2D eigenvalue weighted by atomic mass is 19.4. The number of nitrogens with zero attached hydrogens (tertiary/aromatic N) is 2. The van der Waals surface area contributed by atoms with Gasteiger partial charge < -0.3 is 14.8 Å². The van der Waals surface area contributed by atoms with Gasteiger partial charge in [0, 0.05) is 35.8 Å². The lowest BCUT2D eigenvalue weighted by molar-refractivity contribution is -0.196. The van der Waals surface area contributed by atoms with Gasteiger partial charge in [0.2, 0.25) is 0 Å². The minimum absolute atomic E-state index is 0.160. The summed E-state index contributed by atoms with van der Waals surface area (Å²) in [6.07, 6.45) is -3.78. The molecule has 4 rings (SSSR count). The topological polar surface area (TPSA) is 73.5 Å². The molecule has 1 N–H and O–H groups in total. The first-order chi connectivity index (χ1) is 15.2. The number of rotatable bonds is 3. The SMILES string of the molecule is O=C(C(=O)N1CCN(C(=O)c2ccccc2)CC1C(F)(F)F)c1c[nH]c2cccc(F)c12. The second kappa shape index (κ2) is 8.10. The van der Waals surface area contributed by atoms with E-state index < -0.39 is 48.7 Å². The lowest BCUT2D eigenvalue weighted by Crippen LogP contribution is -2.62. The first-order valence-electron chi connectivity index (χ1n) is 9.70. The highest BCUT2D eigenvalue weighted by molar-refractivity contribution is 6.45. The summed E-state index contributed by atoms with van der Waals surface area (Å²) in [6.45, 7) is -1.47. The molecule has 10 heteroatoms. The molecule has 0 bridgehead atoms. The molecule has 1 atom stereocenters.